The molecule has 3 atom stereocenters. The van der Waals surface area contributed by atoms with Gasteiger partial charge in [0.25, 0.3) is 0 Å². The number of carbonyl (C=O) groups excluding carboxylic acids is 2. The van der Waals surface area contributed by atoms with Crippen LogP contribution in [-0.4, -0.2) is 94.7 Å². The van der Waals surface area contributed by atoms with E-state index in [0.29, 0.717) is 64.8 Å². The Bertz CT molecular complexity index is 2370. The van der Waals surface area contributed by atoms with Crippen LogP contribution in [-0.2, 0) is 15.0 Å². The van der Waals surface area contributed by atoms with Crippen molar-refractivity contribution in [3.63, 3.8) is 0 Å². The summed E-state index contributed by atoms with van der Waals surface area (Å²) in [6.07, 6.45) is 15.1. The Kier molecular flexibility index (Phi) is 10.4. The van der Waals surface area contributed by atoms with Crippen LogP contribution in [0.4, 0.5) is 11.4 Å². The zero-order valence-corrected chi connectivity index (χ0v) is 32.5. The Morgan fingerprint density at radius 2 is 1.88 bits per heavy atom. The van der Waals surface area contributed by atoms with Gasteiger partial charge in [-0.25, -0.2) is 14.6 Å². The number of imide groups is 1. The quantitative estimate of drug-likeness (QED) is 0.188. The highest BCUT2D eigenvalue weighted by Gasteiger charge is 2.41. The highest BCUT2D eigenvalue weighted by molar-refractivity contribution is 6.03. The number of nitriles is 2. The number of rotatable bonds is 10. The van der Waals surface area contributed by atoms with Gasteiger partial charge in [-0.05, 0) is 90.0 Å². The molecule has 57 heavy (non-hydrogen) atoms. The van der Waals surface area contributed by atoms with Gasteiger partial charge in [-0.2, -0.15) is 20.3 Å². The minimum Gasteiger partial charge on any atom is -0.368 e. The molecule has 2 amide bonds. The topological polar surface area (TPSA) is 199 Å². The summed E-state index contributed by atoms with van der Waals surface area (Å²) in [4.78, 5) is 43.1. The lowest BCUT2D eigenvalue weighted by molar-refractivity contribution is -0.137. The van der Waals surface area contributed by atoms with E-state index < -0.39 is 11.5 Å². The Morgan fingerprint density at radius 1 is 1.04 bits per heavy atom. The van der Waals surface area contributed by atoms with Crippen LogP contribution in [0.25, 0.3) is 22.5 Å². The summed E-state index contributed by atoms with van der Waals surface area (Å²) in [6.45, 7) is 9.89. The standard InChI is InChI=1S/C41H46N14O2/c1-26(18-42)48-33-17-37(55-39-31(21-47-55)16-29(19-43)20-46-39)45-23-35(33)54-25-34(50-51-54)30-6-4-28(5-7-30)11-13-52-14-15-53(27(2)24-52)32-8-9-36(44-22-32)41(3)12-10-38(56)49-40(41)57/h8-9,16-17,20-23,25-28,30H,4-7,10-15,24H2,1-3H3,(H,45,48)(H,49,56,57)/t26-,27+,28?,30?,41-/m1/s1. The lowest BCUT2D eigenvalue weighted by Gasteiger charge is -2.42. The highest BCUT2D eigenvalue weighted by Crippen LogP contribution is 2.37. The zero-order chi connectivity index (χ0) is 39.7. The molecule has 5 aromatic heterocycles. The van der Waals surface area contributed by atoms with Crippen molar-refractivity contribution >= 4 is 34.2 Å². The van der Waals surface area contributed by atoms with Crippen molar-refractivity contribution < 1.29 is 9.59 Å². The van der Waals surface area contributed by atoms with Gasteiger partial charge in [0.1, 0.15) is 17.8 Å². The third-order valence-corrected chi connectivity index (χ3v) is 12.0. The molecular weight excluding hydrogens is 721 g/mol. The first-order valence-electron chi connectivity index (χ1n) is 19.7. The Labute approximate surface area is 330 Å². The van der Waals surface area contributed by atoms with Crippen molar-refractivity contribution in [2.75, 3.05) is 36.4 Å². The van der Waals surface area contributed by atoms with Crippen LogP contribution in [0.5, 0.6) is 0 Å². The second-order valence-corrected chi connectivity index (χ2v) is 15.9. The summed E-state index contributed by atoms with van der Waals surface area (Å²) in [7, 11) is 0. The predicted octanol–water partition coefficient (Wildman–Crippen LogP) is 4.56. The van der Waals surface area contributed by atoms with E-state index >= 15 is 0 Å². The van der Waals surface area contributed by atoms with Gasteiger partial charge in [0.05, 0.1) is 64.6 Å². The summed E-state index contributed by atoms with van der Waals surface area (Å²) in [5, 5.41) is 38.9. The van der Waals surface area contributed by atoms with Crippen molar-refractivity contribution in [2.24, 2.45) is 5.92 Å². The van der Waals surface area contributed by atoms with Crippen LogP contribution in [0.2, 0.25) is 0 Å². The van der Waals surface area contributed by atoms with Crippen LogP contribution in [0, 0.1) is 28.6 Å². The van der Waals surface area contributed by atoms with E-state index in [1.807, 2.05) is 31.5 Å². The molecule has 5 aromatic rings. The highest BCUT2D eigenvalue weighted by atomic mass is 16.2. The molecule has 1 aliphatic carbocycles. The van der Waals surface area contributed by atoms with Gasteiger partial charge < -0.3 is 10.2 Å². The summed E-state index contributed by atoms with van der Waals surface area (Å²) >= 11 is 0. The Hall–Kier alpha value is -6.26. The van der Waals surface area contributed by atoms with E-state index in [0.717, 1.165) is 68.6 Å². The van der Waals surface area contributed by atoms with E-state index in [4.69, 9.17) is 4.98 Å². The van der Waals surface area contributed by atoms with Crippen molar-refractivity contribution in [2.45, 2.75) is 89.1 Å². The molecule has 0 aromatic carbocycles. The van der Waals surface area contributed by atoms with Crippen molar-refractivity contribution in [3.05, 3.63) is 72.2 Å². The van der Waals surface area contributed by atoms with Crippen LogP contribution < -0.4 is 15.5 Å². The fourth-order valence-electron chi connectivity index (χ4n) is 8.51. The molecule has 16 heteroatoms. The van der Waals surface area contributed by atoms with E-state index in [-0.39, 0.29) is 11.8 Å². The van der Waals surface area contributed by atoms with Gasteiger partial charge in [0, 0.05) is 55.7 Å². The lowest BCUT2D eigenvalue weighted by atomic mass is 9.78. The fraction of sp³-hybridized carbons (Fsp3) is 0.463. The SMILES string of the molecule is C[C@H](C#N)Nc1cc(-n2ncc3cc(C#N)cnc32)ncc1-n1cc(C2CCC(CCN3CCN(c4ccc([C@@]5(C)CCC(=O)NC5=O)nc4)[C@@H](C)C3)CC2)nn1. The molecule has 0 bridgehead atoms. The first-order chi connectivity index (χ1) is 27.6. The lowest BCUT2D eigenvalue weighted by Crippen LogP contribution is -2.52. The van der Waals surface area contributed by atoms with E-state index in [2.05, 4.69) is 70.9 Å². The normalized spacial score (nSPS) is 23.5. The summed E-state index contributed by atoms with van der Waals surface area (Å²) in [5.41, 5.74) is 4.30. The number of piperidine rings is 1. The number of piperazine rings is 1. The zero-order valence-electron chi connectivity index (χ0n) is 32.5. The maximum Gasteiger partial charge on any atom is 0.238 e. The molecule has 0 unspecified atom stereocenters. The number of hydrogen-bond donors (Lipinski definition) is 2. The monoisotopic (exact) mass is 766 g/mol. The third-order valence-electron chi connectivity index (χ3n) is 12.0. The molecule has 7 heterocycles. The van der Waals surface area contributed by atoms with Crippen LogP contribution in [0.3, 0.4) is 0 Å². The van der Waals surface area contributed by atoms with Gasteiger partial charge in [-0.1, -0.05) is 5.21 Å². The number of nitrogens with one attached hydrogen (secondary N) is 2. The van der Waals surface area contributed by atoms with Crippen molar-refractivity contribution in [1.82, 2.24) is 49.9 Å². The number of aromatic nitrogens is 8. The molecule has 0 radical (unpaired) electrons. The number of anilines is 2. The van der Waals surface area contributed by atoms with E-state index in [9.17, 15) is 20.1 Å². The average Bonchev–Trinajstić information content (AvgIpc) is 3.90. The van der Waals surface area contributed by atoms with Gasteiger partial charge in [-0.15, -0.1) is 5.10 Å². The number of hydrogen-bond acceptors (Lipinski definition) is 13. The summed E-state index contributed by atoms with van der Waals surface area (Å²) in [6, 6.07) is 11.8. The molecular formula is C41H46N14O2. The average molecular weight is 767 g/mol. The molecule has 16 nitrogen and oxygen atoms in total. The van der Waals surface area contributed by atoms with Crippen LogP contribution in [0.15, 0.2) is 55.2 Å². The van der Waals surface area contributed by atoms with Crippen LogP contribution >= 0.6 is 0 Å². The maximum absolute atomic E-state index is 12.6. The molecule has 3 aliphatic rings. The van der Waals surface area contributed by atoms with Crippen LogP contribution in [0.1, 0.15) is 88.6 Å². The molecule has 2 aliphatic heterocycles. The number of carbonyl (C=O) groups is 2. The molecule has 2 N–H and O–H groups in total. The first-order valence-corrected chi connectivity index (χ1v) is 19.7. The maximum atomic E-state index is 12.6. The molecule has 0 spiro atoms. The number of pyridine rings is 3. The Balaban J connectivity index is 0.849. The minimum absolute atomic E-state index is 0.220. The third kappa shape index (κ3) is 7.65. The second-order valence-electron chi connectivity index (χ2n) is 15.9. The fourth-order valence-corrected chi connectivity index (χ4v) is 8.51. The molecule has 1 saturated carbocycles. The number of nitrogens with zero attached hydrogens (tertiary/aromatic N) is 12. The van der Waals surface area contributed by atoms with Gasteiger partial charge in [0.2, 0.25) is 11.8 Å². The summed E-state index contributed by atoms with van der Waals surface area (Å²) < 4.78 is 3.34. The second kappa shape index (κ2) is 15.7. The van der Waals surface area contributed by atoms with E-state index in [1.54, 1.807) is 34.7 Å². The van der Waals surface area contributed by atoms with E-state index in [1.165, 1.54) is 12.6 Å². The summed E-state index contributed by atoms with van der Waals surface area (Å²) in [5.74, 6) is 1.03. The van der Waals surface area contributed by atoms with Crippen molar-refractivity contribution in [1.29, 1.82) is 10.5 Å². The molecule has 3 fully saturated rings. The van der Waals surface area contributed by atoms with Gasteiger partial charge in [0.15, 0.2) is 11.5 Å². The molecule has 292 valence electrons. The minimum atomic E-state index is -0.789. The predicted molar refractivity (Wildman–Crippen MR) is 212 cm³/mol. The molecule has 2 saturated heterocycles. The largest absolute Gasteiger partial charge is 0.368 e. The smallest absolute Gasteiger partial charge is 0.238 e. The number of fused-ring (bicyclic) bond motifs is 1. The number of amides is 2. The first kappa shape index (κ1) is 37.7. The van der Waals surface area contributed by atoms with Gasteiger partial charge >= 0.3 is 0 Å². The van der Waals surface area contributed by atoms with Gasteiger partial charge in [-0.3, -0.25) is 24.8 Å². The van der Waals surface area contributed by atoms with Crippen molar-refractivity contribution in [3.8, 4) is 23.6 Å². The Morgan fingerprint density at radius 3 is 2.61 bits per heavy atom. The molecule has 8 rings (SSSR count).